The van der Waals surface area contributed by atoms with E-state index in [1.807, 2.05) is 0 Å². The van der Waals surface area contributed by atoms with Gasteiger partial charge in [0.15, 0.2) is 11.6 Å². The fourth-order valence-electron chi connectivity index (χ4n) is 2.55. The molecule has 1 aromatic heterocycles. The van der Waals surface area contributed by atoms with Crippen molar-refractivity contribution in [2.45, 2.75) is 0 Å². The SMILES string of the molecule is Nc1cccc2c1C(=O)c1ccc3nonc3c1C2=O. The van der Waals surface area contributed by atoms with Gasteiger partial charge in [0.1, 0.15) is 11.0 Å². The van der Waals surface area contributed by atoms with Gasteiger partial charge in [-0.3, -0.25) is 9.59 Å². The summed E-state index contributed by atoms with van der Waals surface area (Å²) in [5.41, 5.74) is 7.91. The van der Waals surface area contributed by atoms with Gasteiger partial charge in [-0.05, 0) is 28.5 Å². The van der Waals surface area contributed by atoms with Gasteiger partial charge < -0.3 is 5.73 Å². The lowest BCUT2D eigenvalue weighted by Crippen LogP contribution is -2.22. The highest BCUT2D eigenvalue weighted by molar-refractivity contribution is 6.32. The molecule has 0 atom stereocenters. The number of carbonyl (C=O) groups is 2. The van der Waals surface area contributed by atoms with E-state index >= 15 is 0 Å². The normalized spacial score (nSPS) is 13.4. The van der Waals surface area contributed by atoms with Crippen molar-refractivity contribution in [3.8, 4) is 0 Å². The van der Waals surface area contributed by atoms with Crippen LogP contribution >= 0.6 is 0 Å². The molecule has 6 nitrogen and oxygen atoms in total. The number of ketones is 2. The molecule has 1 aliphatic rings. The van der Waals surface area contributed by atoms with Crippen molar-refractivity contribution in [3.63, 3.8) is 0 Å². The maximum absolute atomic E-state index is 12.6. The fourth-order valence-corrected chi connectivity index (χ4v) is 2.55. The highest BCUT2D eigenvalue weighted by Gasteiger charge is 2.33. The summed E-state index contributed by atoms with van der Waals surface area (Å²) < 4.78 is 4.64. The van der Waals surface area contributed by atoms with Gasteiger partial charge in [0, 0.05) is 16.8 Å². The van der Waals surface area contributed by atoms with E-state index in [9.17, 15) is 9.59 Å². The second kappa shape index (κ2) is 3.51. The first-order chi connectivity index (χ1) is 9.68. The monoisotopic (exact) mass is 265 g/mol. The van der Waals surface area contributed by atoms with Gasteiger partial charge in [0.2, 0.25) is 0 Å². The summed E-state index contributed by atoms with van der Waals surface area (Å²) in [6.07, 6.45) is 0. The molecule has 1 aliphatic carbocycles. The number of hydrogen-bond acceptors (Lipinski definition) is 6. The maximum Gasteiger partial charge on any atom is 0.196 e. The number of hydrogen-bond donors (Lipinski definition) is 1. The molecule has 1 heterocycles. The third-order valence-electron chi connectivity index (χ3n) is 3.47. The Bertz CT molecular complexity index is 911. The Morgan fingerprint density at radius 3 is 2.50 bits per heavy atom. The van der Waals surface area contributed by atoms with Crippen molar-refractivity contribution in [3.05, 3.63) is 52.6 Å². The van der Waals surface area contributed by atoms with Crippen LogP contribution in [0.5, 0.6) is 0 Å². The molecule has 3 aromatic rings. The number of rotatable bonds is 0. The zero-order valence-corrected chi connectivity index (χ0v) is 10.1. The predicted molar refractivity (Wildman–Crippen MR) is 69.5 cm³/mol. The van der Waals surface area contributed by atoms with Crippen LogP contribution in [-0.4, -0.2) is 21.9 Å². The van der Waals surface area contributed by atoms with E-state index in [1.165, 1.54) is 0 Å². The summed E-state index contributed by atoms with van der Waals surface area (Å²) in [5.74, 6) is -0.569. The van der Waals surface area contributed by atoms with E-state index in [2.05, 4.69) is 14.9 Å². The number of aromatic nitrogens is 2. The Balaban J connectivity index is 2.14. The number of nitrogens with two attached hydrogens (primary N) is 1. The minimum absolute atomic E-state index is 0.229. The first kappa shape index (κ1) is 10.9. The number of fused-ring (bicyclic) bond motifs is 4. The van der Waals surface area contributed by atoms with Crippen LogP contribution in [0.3, 0.4) is 0 Å². The Hall–Kier alpha value is -3.02. The Labute approximate surface area is 112 Å². The molecule has 0 bridgehead atoms. The van der Waals surface area contributed by atoms with E-state index in [0.717, 1.165) is 0 Å². The van der Waals surface area contributed by atoms with Crippen LogP contribution in [0.25, 0.3) is 11.0 Å². The zero-order chi connectivity index (χ0) is 13.9. The van der Waals surface area contributed by atoms with E-state index in [0.29, 0.717) is 16.7 Å². The molecule has 2 N–H and O–H groups in total. The van der Waals surface area contributed by atoms with Crippen LogP contribution in [0.2, 0.25) is 0 Å². The molecule has 0 spiro atoms. The van der Waals surface area contributed by atoms with Crippen molar-refractivity contribution in [1.82, 2.24) is 10.3 Å². The van der Waals surface area contributed by atoms with E-state index < -0.39 is 0 Å². The topological polar surface area (TPSA) is 99.1 Å². The largest absolute Gasteiger partial charge is 0.398 e. The third kappa shape index (κ3) is 1.17. The van der Waals surface area contributed by atoms with Crippen LogP contribution in [0.4, 0.5) is 5.69 Å². The van der Waals surface area contributed by atoms with Crippen LogP contribution in [-0.2, 0) is 0 Å². The minimum Gasteiger partial charge on any atom is -0.398 e. The molecule has 0 radical (unpaired) electrons. The average molecular weight is 265 g/mol. The predicted octanol–water partition coefficient (Wildman–Crippen LogP) is 1.58. The lowest BCUT2D eigenvalue weighted by molar-refractivity contribution is 0.0980. The summed E-state index contributed by atoms with van der Waals surface area (Å²) in [6, 6.07) is 7.98. The molecule has 4 rings (SSSR count). The van der Waals surface area contributed by atoms with E-state index in [1.54, 1.807) is 30.3 Å². The molecule has 6 heteroatoms. The summed E-state index contributed by atoms with van der Waals surface area (Å²) in [4.78, 5) is 25.1. The second-order valence-corrected chi connectivity index (χ2v) is 4.55. The number of anilines is 1. The minimum atomic E-state index is -0.289. The second-order valence-electron chi connectivity index (χ2n) is 4.55. The van der Waals surface area contributed by atoms with Gasteiger partial charge >= 0.3 is 0 Å². The molecule has 0 fully saturated rings. The Morgan fingerprint density at radius 2 is 1.65 bits per heavy atom. The van der Waals surface area contributed by atoms with E-state index in [4.69, 9.17) is 5.73 Å². The van der Waals surface area contributed by atoms with Gasteiger partial charge in [0.05, 0.1) is 11.1 Å². The fraction of sp³-hybridized carbons (Fsp3) is 0. The van der Waals surface area contributed by atoms with E-state index in [-0.39, 0.29) is 33.8 Å². The molecular formula is C14H7N3O3. The van der Waals surface area contributed by atoms with Crippen molar-refractivity contribution in [2.24, 2.45) is 0 Å². The van der Waals surface area contributed by atoms with Gasteiger partial charge in [-0.2, -0.15) is 0 Å². The summed E-state index contributed by atoms with van der Waals surface area (Å²) in [5, 5.41) is 7.41. The number of nitrogen functional groups attached to an aromatic ring is 1. The molecular weight excluding hydrogens is 258 g/mol. The van der Waals surface area contributed by atoms with Gasteiger partial charge in [-0.25, -0.2) is 4.63 Å². The van der Waals surface area contributed by atoms with Gasteiger partial charge in [0.25, 0.3) is 0 Å². The number of carbonyl (C=O) groups excluding carboxylic acids is 2. The standard InChI is InChI=1S/C14H7N3O3/c15-8-3-1-2-6-10(8)13(18)7-4-5-9-12(17-20-16-9)11(7)14(6)19/h1-5H,15H2. The van der Waals surface area contributed by atoms with Crippen LogP contribution in [0.1, 0.15) is 31.8 Å². The van der Waals surface area contributed by atoms with Crippen LogP contribution < -0.4 is 5.73 Å². The molecule has 0 saturated carbocycles. The van der Waals surface area contributed by atoms with Crippen LogP contribution in [0.15, 0.2) is 35.0 Å². The number of benzene rings is 2. The summed E-state index contributed by atoms with van der Waals surface area (Å²) >= 11 is 0. The third-order valence-corrected chi connectivity index (χ3v) is 3.47. The first-order valence-electron chi connectivity index (χ1n) is 5.91. The highest BCUT2D eigenvalue weighted by Crippen LogP contribution is 2.33. The molecule has 96 valence electrons. The molecule has 20 heavy (non-hydrogen) atoms. The van der Waals surface area contributed by atoms with Gasteiger partial charge in [-0.15, -0.1) is 0 Å². The van der Waals surface area contributed by atoms with Crippen molar-refractivity contribution in [1.29, 1.82) is 0 Å². The lowest BCUT2D eigenvalue weighted by atomic mass is 9.82. The molecule has 2 aromatic carbocycles. The maximum atomic E-state index is 12.6. The first-order valence-corrected chi connectivity index (χ1v) is 5.91. The molecule has 0 saturated heterocycles. The zero-order valence-electron chi connectivity index (χ0n) is 10.1. The summed E-state index contributed by atoms with van der Waals surface area (Å²) in [7, 11) is 0. The quantitative estimate of drug-likeness (QED) is 0.484. The molecule has 0 unspecified atom stereocenters. The summed E-state index contributed by atoms with van der Waals surface area (Å²) in [6.45, 7) is 0. The Morgan fingerprint density at radius 1 is 0.900 bits per heavy atom. The molecule has 0 amide bonds. The highest BCUT2D eigenvalue weighted by atomic mass is 16.6. The average Bonchev–Trinajstić information content (AvgIpc) is 2.92. The van der Waals surface area contributed by atoms with Crippen molar-refractivity contribution < 1.29 is 14.2 Å². The van der Waals surface area contributed by atoms with Crippen molar-refractivity contribution in [2.75, 3.05) is 5.73 Å². The van der Waals surface area contributed by atoms with Crippen LogP contribution in [0, 0.1) is 0 Å². The Kier molecular flexibility index (Phi) is 1.90. The smallest absolute Gasteiger partial charge is 0.196 e. The lowest BCUT2D eigenvalue weighted by Gasteiger charge is -2.18. The van der Waals surface area contributed by atoms with Gasteiger partial charge in [-0.1, -0.05) is 12.1 Å². The van der Waals surface area contributed by atoms with Crippen molar-refractivity contribution >= 4 is 28.3 Å². The number of nitrogens with zero attached hydrogens (tertiary/aromatic N) is 2. The molecule has 0 aliphatic heterocycles.